The number of aromatic nitrogens is 1. The van der Waals surface area contributed by atoms with Gasteiger partial charge < -0.3 is 15.8 Å². The number of ketones is 1. The lowest BCUT2D eigenvalue weighted by atomic mass is 9.96. The molecule has 25 heavy (non-hydrogen) atoms. The van der Waals surface area contributed by atoms with Gasteiger partial charge >= 0.3 is 0 Å². The molecule has 0 saturated carbocycles. The number of aliphatic hydroxyl groups is 1. The number of aliphatic hydroxyl groups excluding tert-OH is 1. The van der Waals surface area contributed by atoms with Gasteiger partial charge in [0, 0.05) is 17.7 Å². The molecule has 0 aliphatic heterocycles. The van der Waals surface area contributed by atoms with Crippen LogP contribution < -0.4 is 5.73 Å². The van der Waals surface area contributed by atoms with Gasteiger partial charge in [0.2, 0.25) is 0 Å². The predicted molar refractivity (Wildman–Crippen MR) is 102 cm³/mol. The van der Waals surface area contributed by atoms with Crippen LogP contribution in [0, 0.1) is 6.92 Å². The first-order chi connectivity index (χ1) is 11.9. The third-order valence-electron chi connectivity index (χ3n) is 4.69. The van der Waals surface area contributed by atoms with Crippen LogP contribution in [0.3, 0.4) is 0 Å². The molecule has 1 atom stereocenters. The maximum Gasteiger partial charge on any atom is 0.179 e. The number of carbonyl (C=O) groups is 1. The fourth-order valence-electron chi connectivity index (χ4n) is 2.89. The van der Waals surface area contributed by atoms with Crippen molar-refractivity contribution in [3.8, 4) is 0 Å². The smallest absolute Gasteiger partial charge is 0.179 e. The molecule has 136 valence electrons. The third-order valence-corrected chi connectivity index (χ3v) is 4.69. The van der Waals surface area contributed by atoms with Crippen molar-refractivity contribution in [3.63, 3.8) is 0 Å². The van der Waals surface area contributed by atoms with Crippen LogP contribution in [0.2, 0.25) is 0 Å². The highest BCUT2D eigenvalue weighted by Crippen LogP contribution is 2.17. The molecular weight excluding hydrogens is 312 g/mol. The molecule has 4 N–H and O–H groups in total. The van der Waals surface area contributed by atoms with Gasteiger partial charge in [-0.15, -0.1) is 0 Å². The molecule has 1 heterocycles. The van der Waals surface area contributed by atoms with Crippen molar-refractivity contribution in [1.29, 1.82) is 0 Å². The Bertz CT molecular complexity index is 674. The highest BCUT2D eigenvalue weighted by molar-refractivity contribution is 5.94. The van der Waals surface area contributed by atoms with Crippen LogP contribution in [-0.4, -0.2) is 28.0 Å². The van der Waals surface area contributed by atoms with Gasteiger partial charge in [-0.2, -0.15) is 0 Å². The quantitative estimate of drug-likeness (QED) is 0.456. The Morgan fingerprint density at radius 1 is 1.20 bits per heavy atom. The van der Waals surface area contributed by atoms with Gasteiger partial charge in [-0.05, 0) is 63.1 Å². The number of unbranched alkanes of at least 4 members (excludes halogenated alkanes) is 1. The number of hydrogen-bond acceptors (Lipinski definition) is 3. The number of carbonyl (C=O) groups excluding carboxylic acids is 1. The SMILES string of the molecule is Cc1cc(C(=O)CCCCc2ccccc2)[nH]c1CC[C@@](C)(N)CO. The Hall–Kier alpha value is -1.91. The van der Waals surface area contributed by atoms with Crippen LogP contribution in [-0.2, 0) is 12.8 Å². The fraction of sp³-hybridized carbons (Fsp3) is 0.476. The van der Waals surface area contributed by atoms with E-state index in [0.29, 0.717) is 18.5 Å². The summed E-state index contributed by atoms with van der Waals surface area (Å²) in [5, 5.41) is 9.25. The molecule has 2 rings (SSSR count). The lowest BCUT2D eigenvalue weighted by Crippen LogP contribution is -2.40. The number of benzene rings is 1. The van der Waals surface area contributed by atoms with Crippen molar-refractivity contribution in [2.24, 2.45) is 5.73 Å². The Balaban J connectivity index is 1.80. The topological polar surface area (TPSA) is 79.1 Å². The number of aromatic amines is 1. The van der Waals surface area contributed by atoms with E-state index in [1.807, 2.05) is 38.1 Å². The molecule has 0 aliphatic rings. The predicted octanol–water partition coefficient (Wildman–Crippen LogP) is 3.56. The summed E-state index contributed by atoms with van der Waals surface area (Å²) in [7, 11) is 0. The van der Waals surface area contributed by atoms with E-state index in [1.54, 1.807) is 0 Å². The molecule has 4 heteroatoms. The second kappa shape index (κ2) is 8.97. The van der Waals surface area contributed by atoms with Crippen molar-refractivity contribution < 1.29 is 9.90 Å². The summed E-state index contributed by atoms with van der Waals surface area (Å²) in [6.07, 6.45) is 4.91. The van der Waals surface area contributed by atoms with Crippen molar-refractivity contribution in [2.45, 2.75) is 57.9 Å². The van der Waals surface area contributed by atoms with Crippen LogP contribution >= 0.6 is 0 Å². The second-order valence-electron chi connectivity index (χ2n) is 7.27. The van der Waals surface area contributed by atoms with Crippen LogP contribution in [0.4, 0.5) is 0 Å². The largest absolute Gasteiger partial charge is 0.394 e. The molecule has 0 saturated heterocycles. The lowest BCUT2D eigenvalue weighted by Gasteiger charge is -2.21. The molecule has 1 aromatic heterocycles. The summed E-state index contributed by atoms with van der Waals surface area (Å²) in [6.45, 7) is 3.80. The lowest BCUT2D eigenvalue weighted by molar-refractivity contribution is 0.0975. The van der Waals surface area contributed by atoms with Gasteiger partial charge in [-0.3, -0.25) is 4.79 Å². The molecule has 1 aromatic carbocycles. The van der Waals surface area contributed by atoms with E-state index in [0.717, 1.165) is 36.9 Å². The molecule has 0 radical (unpaired) electrons. The van der Waals surface area contributed by atoms with E-state index >= 15 is 0 Å². The molecule has 0 bridgehead atoms. The number of H-pyrrole nitrogens is 1. The van der Waals surface area contributed by atoms with Crippen molar-refractivity contribution in [3.05, 3.63) is 58.9 Å². The average Bonchev–Trinajstić information content (AvgIpc) is 2.99. The minimum atomic E-state index is -0.584. The summed E-state index contributed by atoms with van der Waals surface area (Å²) >= 11 is 0. The van der Waals surface area contributed by atoms with Crippen LogP contribution in [0.5, 0.6) is 0 Å². The zero-order valence-electron chi connectivity index (χ0n) is 15.3. The van der Waals surface area contributed by atoms with E-state index in [-0.39, 0.29) is 12.4 Å². The molecular formula is C21H30N2O2. The maximum atomic E-state index is 12.4. The molecule has 0 amide bonds. The van der Waals surface area contributed by atoms with Crippen LogP contribution in [0.25, 0.3) is 0 Å². The Morgan fingerprint density at radius 2 is 1.92 bits per heavy atom. The van der Waals surface area contributed by atoms with Crippen molar-refractivity contribution >= 4 is 5.78 Å². The van der Waals surface area contributed by atoms with Gasteiger partial charge in [-0.25, -0.2) is 0 Å². The van der Waals surface area contributed by atoms with Crippen molar-refractivity contribution in [2.75, 3.05) is 6.61 Å². The molecule has 0 fully saturated rings. The van der Waals surface area contributed by atoms with Crippen molar-refractivity contribution in [1.82, 2.24) is 4.98 Å². The summed E-state index contributed by atoms with van der Waals surface area (Å²) in [6, 6.07) is 12.3. The van der Waals surface area contributed by atoms with Crippen LogP contribution in [0.15, 0.2) is 36.4 Å². The maximum absolute atomic E-state index is 12.4. The Morgan fingerprint density at radius 3 is 2.60 bits per heavy atom. The van der Waals surface area contributed by atoms with E-state index < -0.39 is 5.54 Å². The molecule has 0 spiro atoms. The van der Waals surface area contributed by atoms with Gasteiger partial charge in [0.15, 0.2) is 5.78 Å². The van der Waals surface area contributed by atoms with E-state index in [2.05, 4.69) is 17.1 Å². The zero-order chi connectivity index (χ0) is 18.3. The first kappa shape index (κ1) is 19.4. The highest BCUT2D eigenvalue weighted by Gasteiger charge is 2.18. The Kier molecular flexibility index (Phi) is 6.97. The van der Waals surface area contributed by atoms with Gasteiger partial charge in [0.25, 0.3) is 0 Å². The molecule has 0 aliphatic carbocycles. The zero-order valence-corrected chi connectivity index (χ0v) is 15.3. The minimum absolute atomic E-state index is 0.0417. The van der Waals surface area contributed by atoms with Gasteiger partial charge in [-0.1, -0.05) is 30.3 Å². The van der Waals surface area contributed by atoms with Gasteiger partial charge in [0.1, 0.15) is 0 Å². The molecule has 2 aromatic rings. The second-order valence-corrected chi connectivity index (χ2v) is 7.27. The van der Waals surface area contributed by atoms with E-state index in [9.17, 15) is 9.90 Å². The standard InChI is InChI=1S/C21H30N2O2/c1-16-14-19(23-18(16)12-13-21(2,22)15-24)20(25)11-7-6-10-17-8-4-3-5-9-17/h3-5,8-9,14,23-24H,6-7,10-13,15,22H2,1-2H3/t21-/m1/s1. The number of aryl methyl sites for hydroxylation is 3. The minimum Gasteiger partial charge on any atom is -0.394 e. The monoisotopic (exact) mass is 342 g/mol. The third kappa shape index (κ3) is 6.15. The summed E-state index contributed by atoms with van der Waals surface area (Å²) in [4.78, 5) is 15.6. The number of nitrogens with one attached hydrogen (secondary N) is 1. The fourth-order valence-corrected chi connectivity index (χ4v) is 2.89. The average molecular weight is 342 g/mol. The Labute approximate surface area is 150 Å². The first-order valence-corrected chi connectivity index (χ1v) is 9.06. The van der Waals surface area contributed by atoms with Crippen LogP contribution in [0.1, 0.15) is 59.9 Å². The molecule has 4 nitrogen and oxygen atoms in total. The summed E-state index contributed by atoms with van der Waals surface area (Å²) in [5.41, 5.74) is 9.53. The highest BCUT2D eigenvalue weighted by atomic mass is 16.3. The number of hydrogen-bond donors (Lipinski definition) is 3. The van der Waals surface area contributed by atoms with E-state index in [4.69, 9.17) is 5.73 Å². The molecule has 0 unspecified atom stereocenters. The normalized spacial score (nSPS) is 13.6. The first-order valence-electron chi connectivity index (χ1n) is 9.06. The summed E-state index contributed by atoms with van der Waals surface area (Å²) in [5.74, 6) is 0.167. The number of rotatable bonds is 10. The number of Topliss-reactive ketones (excluding diaryl/α,β-unsaturated/α-hetero) is 1. The summed E-state index contributed by atoms with van der Waals surface area (Å²) < 4.78 is 0. The van der Waals surface area contributed by atoms with Gasteiger partial charge in [0.05, 0.1) is 12.3 Å². The van der Waals surface area contributed by atoms with E-state index in [1.165, 1.54) is 5.56 Å². The number of nitrogens with two attached hydrogens (primary N) is 1.